The molecule has 0 aliphatic rings. The number of nitrogens with one attached hydrogen (secondary N) is 1. The van der Waals surface area contributed by atoms with Crippen LogP contribution in [0, 0.1) is 0 Å². The van der Waals surface area contributed by atoms with Crippen molar-refractivity contribution >= 4 is 28.8 Å². The molecule has 5 nitrogen and oxygen atoms in total. The standard InChI is InChI=1S/C11H11ClN4O/c1-17-8-4-2-3-7(5-8)15-10-9(13)6-14-11(12)16-10/h2-6H,13H2,1H3,(H,14,15,16). The van der Waals surface area contributed by atoms with E-state index in [4.69, 9.17) is 22.1 Å². The van der Waals surface area contributed by atoms with Crippen molar-refractivity contribution in [3.63, 3.8) is 0 Å². The first-order valence-electron chi connectivity index (χ1n) is 4.88. The van der Waals surface area contributed by atoms with Crippen LogP contribution >= 0.6 is 11.6 Å². The lowest BCUT2D eigenvalue weighted by atomic mass is 10.3. The molecule has 2 rings (SSSR count). The highest BCUT2D eigenvalue weighted by Gasteiger charge is 2.04. The van der Waals surface area contributed by atoms with E-state index in [1.165, 1.54) is 6.20 Å². The number of hydrogen-bond acceptors (Lipinski definition) is 5. The number of anilines is 3. The summed E-state index contributed by atoms with van der Waals surface area (Å²) < 4.78 is 5.12. The first-order chi connectivity index (χ1) is 8.19. The van der Waals surface area contributed by atoms with E-state index in [-0.39, 0.29) is 5.28 Å². The van der Waals surface area contributed by atoms with Gasteiger partial charge in [-0.15, -0.1) is 0 Å². The zero-order valence-electron chi connectivity index (χ0n) is 9.14. The molecule has 0 amide bonds. The number of aromatic nitrogens is 2. The van der Waals surface area contributed by atoms with Gasteiger partial charge in [0.1, 0.15) is 5.75 Å². The third kappa shape index (κ3) is 2.76. The summed E-state index contributed by atoms with van der Waals surface area (Å²) in [5.74, 6) is 1.21. The van der Waals surface area contributed by atoms with Gasteiger partial charge in [0.05, 0.1) is 19.0 Å². The fraction of sp³-hybridized carbons (Fsp3) is 0.0909. The van der Waals surface area contributed by atoms with Gasteiger partial charge in [-0.25, -0.2) is 4.98 Å². The quantitative estimate of drug-likeness (QED) is 0.819. The Bertz CT molecular complexity index is 533. The van der Waals surface area contributed by atoms with E-state index < -0.39 is 0 Å². The fourth-order valence-electron chi connectivity index (χ4n) is 1.31. The lowest BCUT2D eigenvalue weighted by molar-refractivity contribution is 0.415. The summed E-state index contributed by atoms with van der Waals surface area (Å²) >= 11 is 5.70. The van der Waals surface area contributed by atoms with E-state index in [9.17, 15) is 0 Å². The van der Waals surface area contributed by atoms with Gasteiger partial charge in [-0.05, 0) is 23.7 Å². The molecular formula is C11H11ClN4O. The number of nitrogens with zero attached hydrogens (tertiary/aromatic N) is 2. The molecule has 0 unspecified atom stereocenters. The lowest BCUT2D eigenvalue weighted by Crippen LogP contribution is -2.00. The third-order valence-electron chi connectivity index (χ3n) is 2.12. The SMILES string of the molecule is COc1cccc(Nc2nc(Cl)ncc2N)c1. The molecule has 0 spiro atoms. The maximum Gasteiger partial charge on any atom is 0.224 e. The summed E-state index contributed by atoms with van der Waals surface area (Å²) in [7, 11) is 1.61. The summed E-state index contributed by atoms with van der Waals surface area (Å²) in [4.78, 5) is 7.78. The molecule has 0 aliphatic carbocycles. The molecule has 0 bridgehead atoms. The molecule has 1 heterocycles. The molecular weight excluding hydrogens is 240 g/mol. The first-order valence-corrected chi connectivity index (χ1v) is 5.26. The minimum atomic E-state index is 0.143. The second-order valence-electron chi connectivity index (χ2n) is 3.30. The summed E-state index contributed by atoms with van der Waals surface area (Å²) in [6, 6.07) is 7.41. The Hall–Kier alpha value is -2.01. The molecule has 6 heteroatoms. The summed E-state index contributed by atoms with van der Waals surface area (Å²) in [6.07, 6.45) is 1.46. The van der Waals surface area contributed by atoms with Crippen molar-refractivity contribution in [3.8, 4) is 5.75 Å². The zero-order valence-corrected chi connectivity index (χ0v) is 9.90. The average Bonchev–Trinajstić information content (AvgIpc) is 2.34. The van der Waals surface area contributed by atoms with Crippen molar-refractivity contribution in [2.45, 2.75) is 0 Å². The second-order valence-corrected chi connectivity index (χ2v) is 3.64. The Morgan fingerprint density at radius 2 is 2.24 bits per heavy atom. The second kappa shape index (κ2) is 4.88. The van der Waals surface area contributed by atoms with Crippen LogP contribution < -0.4 is 15.8 Å². The Morgan fingerprint density at radius 3 is 3.00 bits per heavy atom. The Morgan fingerprint density at radius 1 is 1.41 bits per heavy atom. The third-order valence-corrected chi connectivity index (χ3v) is 2.30. The molecule has 0 saturated heterocycles. The van der Waals surface area contributed by atoms with Gasteiger partial charge in [0.2, 0.25) is 5.28 Å². The van der Waals surface area contributed by atoms with Gasteiger partial charge >= 0.3 is 0 Å². The van der Waals surface area contributed by atoms with Crippen LogP contribution in [-0.4, -0.2) is 17.1 Å². The van der Waals surface area contributed by atoms with Crippen LogP contribution in [0.15, 0.2) is 30.5 Å². The van der Waals surface area contributed by atoms with E-state index in [2.05, 4.69) is 15.3 Å². The number of nitrogens with two attached hydrogens (primary N) is 1. The molecule has 2 aromatic rings. The van der Waals surface area contributed by atoms with Crippen molar-refractivity contribution < 1.29 is 4.74 Å². The topological polar surface area (TPSA) is 73.1 Å². The highest BCUT2D eigenvalue weighted by atomic mass is 35.5. The van der Waals surface area contributed by atoms with E-state index in [1.54, 1.807) is 7.11 Å². The maximum absolute atomic E-state index is 5.73. The van der Waals surface area contributed by atoms with Gasteiger partial charge in [0, 0.05) is 11.8 Å². The number of methoxy groups -OCH3 is 1. The number of halogens is 1. The summed E-state index contributed by atoms with van der Waals surface area (Å²) in [6.45, 7) is 0. The molecule has 0 saturated carbocycles. The van der Waals surface area contributed by atoms with Gasteiger partial charge in [0.25, 0.3) is 0 Å². The first kappa shape index (κ1) is 11.5. The van der Waals surface area contributed by atoms with Crippen molar-refractivity contribution in [1.82, 2.24) is 9.97 Å². The van der Waals surface area contributed by atoms with Crippen LogP contribution in [0.1, 0.15) is 0 Å². The maximum atomic E-state index is 5.73. The molecule has 1 aromatic heterocycles. The molecule has 0 fully saturated rings. The molecule has 0 atom stereocenters. The largest absolute Gasteiger partial charge is 0.497 e. The molecule has 0 aliphatic heterocycles. The Kier molecular flexibility index (Phi) is 3.30. The van der Waals surface area contributed by atoms with Gasteiger partial charge < -0.3 is 15.8 Å². The molecule has 1 aromatic carbocycles. The van der Waals surface area contributed by atoms with Crippen LogP contribution in [0.25, 0.3) is 0 Å². The van der Waals surface area contributed by atoms with Gasteiger partial charge in [0.15, 0.2) is 5.82 Å². The van der Waals surface area contributed by atoms with Gasteiger partial charge in [-0.3, -0.25) is 0 Å². The minimum absolute atomic E-state index is 0.143. The van der Waals surface area contributed by atoms with Crippen molar-refractivity contribution in [3.05, 3.63) is 35.7 Å². The zero-order chi connectivity index (χ0) is 12.3. The monoisotopic (exact) mass is 250 g/mol. The Labute approximate surface area is 104 Å². The van der Waals surface area contributed by atoms with E-state index in [0.717, 1.165) is 11.4 Å². The Balaban J connectivity index is 2.27. The normalized spacial score (nSPS) is 10.0. The smallest absolute Gasteiger partial charge is 0.224 e. The van der Waals surface area contributed by atoms with Crippen LogP contribution in [-0.2, 0) is 0 Å². The van der Waals surface area contributed by atoms with E-state index in [1.807, 2.05) is 24.3 Å². The van der Waals surface area contributed by atoms with Crippen LogP contribution in [0.5, 0.6) is 5.75 Å². The van der Waals surface area contributed by atoms with Gasteiger partial charge in [-0.2, -0.15) is 4.98 Å². The van der Waals surface area contributed by atoms with Gasteiger partial charge in [-0.1, -0.05) is 6.07 Å². The van der Waals surface area contributed by atoms with E-state index in [0.29, 0.717) is 11.5 Å². The summed E-state index contributed by atoms with van der Waals surface area (Å²) in [5, 5.41) is 3.19. The van der Waals surface area contributed by atoms with Crippen molar-refractivity contribution in [2.75, 3.05) is 18.2 Å². The highest BCUT2D eigenvalue weighted by molar-refractivity contribution is 6.28. The number of benzene rings is 1. The molecule has 17 heavy (non-hydrogen) atoms. The average molecular weight is 251 g/mol. The number of nitrogen functional groups attached to an aromatic ring is 1. The highest BCUT2D eigenvalue weighted by Crippen LogP contribution is 2.23. The molecule has 0 radical (unpaired) electrons. The number of ether oxygens (including phenoxy) is 1. The summed E-state index contributed by atoms with van der Waals surface area (Å²) in [5.41, 5.74) is 6.97. The number of rotatable bonds is 3. The van der Waals surface area contributed by atoms with Crippen LogP contribution in [0.3, 0.4) is 0 Å². The lowest BCUT2D eigenvalue weighted by Gasteiger charge is -2.09. The predicted octanol–water partition coefficient (Wildman–Crippen LogP) is 2.46. The molecule has 88 valence electrons. The van der Waals surface area contributed by atoms with Crippen molar-refractivity contribution in [2.24, 2.45) is 0 Å². The minimum Gasteiger partial charge on any atom is -0.497 e. The fourth-order valence-corrected chi connectivity index (χ4v) is 1.44. The van der Waals surface area contributed by atoms with E-state index >= 15 is 0 Å². The predicted molar refractivity (Wildman–Crippen MR) is 67.7 cm³/mol. The molecule has 3 N–H and O–H groups in total. The van der Waals surface area contributed by atoms with Crippen LogP contribution in [0.2, 0.25) is 5.28 Å². The number of hydrogen-bond donors (Lipinski definition) is 2. The van der Waals surface area contributed by atoms with Crippen molar-refractivity contribution in [1.29, 1.82) is 0 Å². The van der Waals surface area contributed by atoms with Crippen LogP contribution in [0.4, 0.5) is 17.2 Å².